The molecule has 0 aliphatic heterocycles. The van der Waals surface area contributed by atoms with Gasteiger partial charge in [-0.1, -0.05) is 60.7 Å². The monoisotopic (exact) mass is 313 g/mol. The third-order valence-electron chi connectivity index (χ3n) is 3.52. The maximum absolute atomic E-state index is 12.1. The van der Waals surface area contributed by atoms with Gasteiger partial charge in [-0.15, -0.1) is 0 Å². The molecule has 0 aliphatic rings. The fraction of sp³-hybridized carbons (Fsp3) is 0.222. The summed E-state index contributed by atoms with van der Waals surface area (Å²) in [7, 11) is 0. The van der Waals surface area contributed by atoms with Crippen LogP contribution in [0.1, 0.15) is 23.6 Å². The molecule has 0 aliphatic carbocycles. The van der Waals surface area contributed by atoms with Crippen LogP contribution < -0.4 is 5.73 Å². The van der Waals surface area contributed by atoms with Gasteiger partial charge in [-0.25, -0.2) is 0 Å². The lowest BCUT2D eigenvalue weighted by Gasteiger charge is -2.17. The molecular formula is C18H19NO4. The average Bonchev–Trinajstić information content (AvgIpc) is 2.58. The van der Waals surface area contributed by atoms with Crippen LogP contribution >= 0.6 is 0 Å². The van der Waals surface area contributed by atoms with Crippen molar-refractivity contribution in [1.29, 1.82) is 0 Å². The Bertz CT molecular complexity index is 643. The summed E-state index contributed by atoms with van der Waals surface area (Å²) in [4.78, 5) is 23.4. The lowest BCUT2D eigenvalue weighted by molar-refractivity contribution is -0.160. The van der Waals surface area contributed by atoms with E-state index in [9.17, 15) is 14.7 Å². The lowest BCUT2D eigenvalue weighted by atomic mass is 9.95. The van der Waals surface area contributed by atoms with Gasteiger partial charge >= 0.3 is 11.9 Å². The van der Waals surface area contributed by atoms with Crippen molar-refractivity contribution in [3.05, 3.63) is 71.8 Å². The summed E-state index contributed by atoms with van der Waals surface area (Å²) < 4.78 is 5.11. The van der Waals surface area contributed by atoms with Crippen LogP contribution in [0.5, 0.6) is 0 Å². The fourth-order valence-corrected chi connectivity index (χ4v) is 2.22. The van der Waals surface area contributed by atoms with Crippen LogP contribution in [-0.2, 0) is 20.9 Å². The van der Waals surface area contributed by atoms with E-state index in [4.69, 9.17) is 10.5 Å². The highest BCUT2D eigenvalue weighted by Crippen LogP contribution is 2.20. The van der Waals surface area contributed by atoms with Crippen molar-refractivity contribution >= 4 is 11.9 Å². The molecule has 2 rings (SSSR count). The van der Waals surface area contributed by atoms with Crippen molar-refractivity contribution in [3.63, 3.8) is 0 Å². The number of nitrogens with two attached hydrogens (primary N) is 1. The molecule has 0 spiro atoms. The van der Waals surface area contributed by atoms with Crippen molar-refractivity contribution in [2.45, 2.75) is 19.1 Å². The first-order chi connectivity index (χ1) is 11.1. The van der Waals surface area contributed by atoms with E-state index in [1.807, 2.05) is 36.4 Å². The first-order valence-corrected chi connectivity index (χ1v) is 7.32. The Morgan fingerprint density at radius 2 is 1.57 bits per heavy atom. The second-order valence-electron chi connectivity index (χ2n) is 5.24. The number of carbonyl (C=O) groups is 2. The minimum absolute atomic E-state index is 0.00697. The predicted molar refractivity (Wildman–Crippen MR) is 85.4 cm³/mol. The number of hydrogen-bond donors (Lipinski definition) is 2. The van der Waals surface area contributed by atoms with Crippen LogP contribution in [0.25, 0.3) is 0 Å². The molecule has 2 atom stereocenters. The lowest BCUT2D eigenvalue weighted by Crippen LogP contribution is -2.29. The Morgan fingerprint density at radius 1 is 1.00 bits per heavy atom. The molecule has 0 bridgehead atoms. The van der Waals surface area contributed by atoms with Gasteiger partial charge < -0.3 is 15.6 Å². The third kappa shape index (κ3) is 4.93. The largest absolute Gasteiger partial charge is 0.481 e. The minimum Gasteiger partial charge on any atom is -0.481 e. The van der Waals surface area contributed by atoms with Crippen LogP contribution in [0.4, 0.5) is 0 Å². The molecule has 0 saturated heterocycles. The predicted octanol–water partition coefficient (Wildman–Crippen LogP) is 2.52. The topological polar surface area (TPSA) is 89.6 Å². The highest BCUT2D eigenvalue weighted by atomic mass is 16.5. The second-order valence-corrected chi connectivity index (χ2v) is 5.24. The van der Waals surface area contributed by atoms with Crippen LogP contribution in [0.15, 0.2) is 60.7 Å². The van der Waals surface area contributed by atoms with E-state index in [1.165, 1.54) is 0 Å². The van der Waals surface area contributed by atoms with E-state index in [-0.39, 0.29) is 13.0 Å². The number of carboxylic acids is 1. The smallest absolute Gasteiger partial charge is 0.320 e. The van der Waals surface area contributed by atoms with Crippen LogP contribution in [0.2, 0.25) is 0 Å². The van der Waals surface area contributed by atoms with Gasteiger partial charge in [0.05, 0.1) is 0 Å². The molecule has 0 saturated carbocycles. The number of carbonyl (C=O) groups excluding carboxylic acids is 1. The zero-order valence-electron chi connectivity index (χ0n) is 12.6. The summed E-state index contributed by atoms with van der Waals surface area (Å²) in [5.41, 5.74) is 7.60. The molecule has 5 nitrogen and oxygen atoms in total. The van der Waals surface area contributed by atoms with E-state index >= 15 is 0 Å². The number of hydrogen-bond acceptors (Lipinski definition) is 4. The van der Waals surface area contributed by atoms with Crippen molar-refractivity contribution in [3.8, 4) is 0 Å². The SMILES string of the molecule is NC(CC(C(=O)O)C(=O)OCc1ccccc1)c1ccccc1. The minimum atomic E-state index is -1.28. The fourth-order valence-electron chi connectivity index (χ4n) is 2.22. The summed E-state index contributed by atoms with van der Waals surface area (Å²) in [6.07, 6.45) is -0.00697. The second kappa shape index (κ2) is 8.10. The zero-order chi connectivity index (χ0) is 16.7. The Balaban J connectivity index is 1.97. The average molecular weight is 313 g/mol. The van der Waals surface area contributed by atoms with Crippen molar-refractivity contribution in [2.75, 3.05) is 0 Å². The Morgan fingerprint density at radius 3 is 2.13 bits per heavy atom. The van der Waals surface area contributed by atoms with Gasteiger partial charge in [0.1, 0.15) is 6.61 Å². The number of ether oxygens (including phenoxy) is 1. The van der Waals surface area contributed by atoms with Crippen LogP contribution in [-0.4, -0.2) is 17.0 Å². The highest BCUT2D eigenvalue weighted by Gasteiger charge is 2.30. The van der Waals surface area contributed by atoms with Gasteiger partial charge in [-0.3, -0.25) is 9.59 Å². The van der Waals surface area contributed by atoms with Gasteiger partial charge in [0.25, 0.3) is 0 Å². The van der Waals surface area contributed by atoms with Crippen molar-refractivity contribution in [2.24, 2.45) is 11.7 Å². The summed E-state index contributed by atoms with van der Waals surface area (Å²) >= 11 is 0. The summed E-state index contributed by atoms with van der Waals surface area (Å²) in [5, 5.41) is 9.28. The van der Waals surface area contributed by atoms with E-state index < -0.39 is 23.9 Å². The van der Waals surface area contributed by atoms with Gasteiger partial charge in [-0.05, 0) is 17.5 Å². The quantitative estimate of drug-likeness (QED) is 0.605. The molecule has 0 aromatic heterocycles. The number of carboxylic acid groups (broad SMARTS) is 1. The molecule has 2 aromatic carbocycles. The molecule has 0 amide bonds. The van der Waals surface area contributed by atoms with E-state index in [0.717, 1.165) is 11.1 Å². The Labute approximate surface area is 134 Å². The van der Waals surface area contributed by atoms with Crippen molar-refractivity contribution < 1.29 is 19.4 Å². The molecule has 0 heterocycles. The molecule has 5 heteroatoms. The van der Waals surface area contributed by atoms with Gasteiger partial charge in [-0.2, -0.15) is 0 Å². The molecule has 2 unspecified atom stereocenters. The third-order valence-corrected chi connectivity index (χ3v) is 3.52. The van der Waals surface area contributed by atoms with Crippen LogP contribution in [0.3, 0.4) is 0 Å². The zero-order valence-corrected chi connectivity index (χ0v) is 12.6. The Kier molecular flexibility index (Phi) is 5.88. The van der Waals surface area contributed by atoms with E-state index in [0.29, 0.717) is 0 Å². The number of rotatable bonds is 7. The maximum atomic E-state index is 12.1. The molecule has 120 valence electrons. The maximum Gasteiger partial charge on any atom is 0.320 e. The summed E-state index contributed by atoms with van der Waals surface area (Å²) in [5.74, 6) is -3.28. The van der Waals surface area contributed by atoms with Gasteiger partial charge in [0, 0.05) is 6.04 Å². The molecule has 0 fully saturated rings. The highest BCUT2D eigenvalue weighted by molar-refractivity contribution is 5.93. The van der Waals surface area contributed by atoms with Gasteiger partial charge in [0.2, 0.25) is 0 Å². The first-order valence-electron chi connectivity index (χ1n) is 7.32. The number of esters is 1. The number of benzene rings is 2. The van der Waals surface area contributed by atoms with Crippen LogP contribution in [0, 0.1) is 5.92 Å². The standard InChI is InChI=1S/C18H19NO4/c19-16(14-9-5-2-6-10-14)11-15(17(20)21)18(22)23-12-13-7-3-1-4-8-13/h1-10,15-16H,11-12,19H2,(H,20,21). The molecule has 0 radical (unpaired) electrons. The number of aliphatic carboxylic acids is 1. The molecular weight excluding hydrogens is 294 g/mol. The first kappa shape index (κ1) is 16.7. The molecule has 2 aromatic rings. The van der Waals surface area contributed by atoms with Crippen molar-refractivity contribution in [1.82, 2.24) is 0 Å². The molecule has 3 N–H and O–H groups in total. The summed E-state index contributed by atoms with van der Waals surface area (Å²) in [6.45, 7) is 0.0457. The summed E-state index contributed by atoms with van der Waals surface area (Å²) in [6, 6.07) is 17.7. The molecule has 23 heavy (non-hydrogen) atoms. The Hall–Kier alpha value is -2.66. The van der Waals surface area contributed by atoms with E-state index in [2.05, 4.69) is 0 Å². The van der Waals surface area contributed by atoms with Gasteiger partial charge in [0.15, 0.2) is 5.92 Å². The normalized spacial score (nSPS) is 13.1. The van der Waals surface area contributed by atoms with E-state index in [1.54, 1.807) is 24.3 Å².